The van der Waals surface area contributed by atoms with E-state index < -0.39 is 0 Å². The molecule has 1 saturated carbocycles. The maximum Gasteiger partial charge on any atom is 0.0227 e. The van der Waals surface area contributed by atoms with Crippen LogP contribution in [-0.2, 0) is 18.3 Å². The van der Waals surface area contributed by atoms with Gasteiger partial charge in [0.15, 0.2) is 0 Å². The van der Waals surface area contributed by atoms with Gasteiger partial charge in [0.1, 0.15) is 0 Å². The van der Waals surface area contributed by atoms with Crippen molar-refractivity contribution >= 4 is 0 Å². The lowest BCUT2D eigenvalue weighted by molar-refractivity contribution is 0.294. The number of aromatic amines is 1. The quantitative estimate of drug-likeness (QED) is 0.808. The topological polar surface area (TPSA) is 41.8 Å². The molecule has 3 rings (SSSR count). The van der Waals surface area contributed by atoms with E-state index in [0.717, 1.165) is 6.54 Å². The average Bonchev–Trinajstić information content (AvgIpc) is 2.84. The highest BCUT2D eigenvalue weighted by molar-refractivity contribution is 5.33. The number of hydrogen-bond donors (Lipinski definition) is 2. The van der Waals surface area contributed by atoms with Crippen molar-refractivity contribution in [3.63, 3.8) is 0 Å². The molecule has 1 heterocycles. The van der Waals surface area contributed by atoms with Crippen molar-refractivity contribution in [2.45, 2.75) is 63.2 Å². The second-order valence-corrected chi connectivity index (χ2v) is 5.94. The molecule has 2 aliphatic carbocycles. The smallest absolute Gasteiger partial charge is 0.0227 e. The molecule has 2 aliphatic rings. The zero-order valence-corrected chi connectivity index (χ0v) is 10.7. The fourth-order valence-electron chi connectivity index (χ4n) is 3.70. The Morgan fingerprint density at radius 2 is 1.82 bits per heavy atom. The van der Waals surface area contributed by atoms with Crippen LogP contribution in [0.3, 0.4) is 0 Å². The predicted octanol–water partition coefficient (Wildman–Crippen LogP) is 3.05. The molecular formula is C15H24N2. The number of nitrogens with one attached hydrogen (secondary N) is 1. The standard InChI is InChI=1S/C15H24N2/c16-11-15(8-4-1-5-9-15)14-10-12-6-2-3-7-13(12)17-14/h10,17H,1-9,11,16H2. The van der Waals surface area contributed by atoms with E-state index >= 15 is 0 Å². The summed E-state index contributed by atoms with van der Waals surface area (Å²) in [4.78, 5) is 3.72. The summed E-state index contributed by atoms with van der Waals surface area (Å²) in [5, 5.41) is 0. The Labute approximate surface area is 104 Å². The maximum absolute atomic E-state index is 6.11. The van der Waals surface area contributed by atoms with Gasteiger partial charge in [-0.25, -0.2) is 0 Å². The molecule has 17 heavy (non-hydrogen) atoms. The molecule has 94 valence electrons. The van der Waals surface area contributed by atoms with Crippen LogP contribution in [0.5, 0.6) is 0 Å². The van der Waals surface area contributed by atoms with E-state index in [0.29, 0.717) is 0 Å². The Balaban J connectivity index is 1.93. The summed E-state index contributed by atoms with van der Waals surface area (Å²) in [6.45, 7) is 0.812. The normalized spacial score (nSPS) is 23.4. The van der Waals surface area contributed by atoms with Crippen LogP contribution in [0.2, 0.25) is 0 Å². The maximum atomic E-state index is 6.11. The first-order valence-corrected chi connectivity index (χ1v) is 7.25. The van der Waals surface area contributed by atoms with Crippen LogP contribution >= 0.6 is 0 Å². The van der Waals surface area contributed by atoms with Crippen LogP contribution in [-0.4, -0.2) is 11.5 Å². The number of rotatable bonds is 2. The first-order chi connectivity index (χ1) is 8.34. The second-order valence-electron chi connectivity index (χ2n) is 5.94. The molecule has 1 fully saturated rings. The van der Waals surface area contributed by atoms with E-state index in [1.165, 1.54) is 69.2 Å². The van der Waals surface area contributed by atoms with Gasteiger partial charge in [0, 0.05) is 23.3 Å². The van der Waals surface area contributed by atoms with Crippen LogP contribution < -0.4 is 5.73 Å². The van der Waals surface area contributed by atoms with Crippen molar-refractivity contribution in [2.24, 2.45) is 5.73 Å². The van der Waals surface area contributed by atoms with E-state index in [2.05, 4.69) is 11.1 Å². The summed E-state index contributed by atoms with van der Waals surface area (Å²) >= 11 is 0. The predicted molar refractivity (Wildman–Crippen MR) is 71.3 cm³/mol. The number of fused-ring (bicyclic) bond motifs is 1. The minimum absolute atomic E-state index is 0.273. The third-order valence-electron chi connectivity index (χ3n) is 4.89. The van der Waals surface area contributed by atoms with Gasteiger partial charge in [-0.2, -0.15) is 0 Å². The Morgan fingerprint density at radius 1 is 1.06 bits per heavy atom. The molecule has 0 amide bonds. The van der Waals surface area contributed by atoms with Crippen molar-refractivity contribution in [2.75, 3.05) is 6.54 Å². The molecular weight excluding hydrogens is 208 g/mol. The lowest BCUT2D eigenvalue weighted by Crippen LogP contribution is -2.37. The Bertz CT molecular complexity index is 362. The van der Waals surface area contributed by atoms with Gasteiger partial charge in [-0.1, -0.05) is 19.3 Å². The molecule has 0 saturated heterocycles. The van der Waals surface area contributed by atoms with E-state index in [9.17, 15) is 0 Å². The molecule has 0 atom stereocenters. The summed E-state index contributed by atoms with van der Waals surface area (Å²) in [6.07, 6.45) is 11.9. The molecule has 1 aromatic rings. The molecule has 0 aliphatic heterocycles. The highest BCUT2D eigenvalue weighted by atomic mass is 14.8. The van der Waals surface area contributed by atoms with Gasteiger partial charge < -0.3 is 10.7 Å². The monoisotopic (exact) mass is 232 g/mol. The van der Waals surface area contributed by atoms with E-state index in [-0.39, 0.29) is 5.41 Å². The number of nitrogens with two attached hydrogens (primary N) is 1. The Hall–Kier alpha value is -0.760. The fourth-order valence-corrected chi connectivity index (χ4v) is 3.70. The fraction of sp³-hybridized carbons (Fsp3) is 0.733. The number of aromatic nitrogens is 1. The van der Waals surface area contributed by atoms with Gasteiger partial charge in [0.05, 0.1) is 0 Å². The molecule has 0 bridgehead atoms. The van der Waals surface area contributed by atoms with Gasteiger partial charge in [-0.15, -0.1) is 0 Å². The van der Waals surface area contributed by atoms with Crippen LogP contribution in [0.25, 0.3) is 0 Å². The molecule has 3 N–H and O–H groups in total. The van der Waals surface area contributed by atoms with Crippen LogP contribution in [0, 0.1) is 0 Å². The lowest BCUT2D eigenvalue weighted by atomic mass is 9.72. The molecule has 2 nitrogen and oxygen atoms in total. The van der Waals surface area contributed by atoms with E-state index in [4.69, 9.17) is 5.73 Å². The Morgan fingerprint density at radius 3 is 2.53 bits per heavy atom. The van der Waals surface area contributed by atoms with E-state index in [1.54, 1.807) is 5.56 Å². The number of hydrogen-bond acceptors (Lipinski definition) is 1. The average molecular weight is 232 g/mol. The molecule has 0 unspecified atom stereocenters. The molecule has 1 aromatic heterocycles. The summed E-state index contributed by atoms with van der Waals surface area (Å²) in [5.41, 5.74) is 10.9. The summed E-state index contributed by atoms with van der Waals surface area (Å²) in [5.74, 6) is 0. The highest BCUT2D eigenvalue weighted by Gasteiger charge is 2.34. The minimum atomic E-state index is 0.273. The molecule has 2 heteroatoms. The third-order valence-corrected chi connectivity index (χ3v) is 4.89. The van der Waals surface area contributed by atoms with Crippen LogP contribution in [0.4, 0.5) is 0 Å². The van der Waals surface area contributed by atoms with Crippen LogP contribution in [0.1, 0.15) is 61.9 Å². The highest BCUT2D eigenvalue weighted by Crippen LogP contribution is 2.39. The largest absolute Gasteiger partial charge is 0.362 e. The van der Waals surface area contributed by atoms with Crippen molar-refractivity contribution < 1.29 is 0 Å². The third kappa shape index (κ3) is 1.93. The molecule has 0 spiro atoms. The number of H-pyrrole nitrogens is 1. The SMILES string of the molecule is NCC1(c2cc3c([nH]2)CCCC3)CCCCC1. The second kappa shape index (κ2) is 4.49. The number of aryl methyl sites for hydroxylation is 2. The van der Waals surface area contributed by atoms with Crippen molar-refractivity contribution in [3.8, 4) is 0 Å². The minimum Gasteiger partial charge on any atom is -0.362 e. The van der Waals surface area contributed by atoms with Crippen molar-refractivity contribution in [1.29, 1.82) is 0 Å². The Kier molecular flexibility index (Phi) is 2.99. The van der Waals surface area contributed by atoms with Gasteiger partial charge in [0.25, 0.3) is 0 Å². The molecule has 0 aromatic carbocycles. The molecule has 0 radical (unpaired) electrons. The summed E-state index contributed by atoms with van der Waals surface area (Å²) in [7, 11) is 0. The zero-order valence-electron chi connectivity index (χ0n) is 10.7. The first-order valence-electron chi connectivity index (χ1n) is 7.25. The van der Waals surface area contributed by atoms with Gasteiger partial charge in [-0.3, -0.25) is 0 Å². The zero-order chi connectivity index (χ0) is 11.7. The van der Waals surface area contributed by atoms with E-state index in [1.807, 2.05) is 0 Å². The van der Waals surface area contributed by atoms with Crippen molar-refractivity contribution in [1.82, 2.24) is 4.98 Å². The van der Waals surface area contributed by atoms with Crippen molar-refractivity contribution in [3.05, 3.63) is 23.0 Å². The summed E-state index contributed by atoms with van der Waals surface area (Å²) in [6, 6.07) is 2.44. The van der Waals surface area contributed by atoms with Gasteiger partial charge in [-0.05, 0) is 50.2 Å². The van der Waals surface area contributed by atoms with Gasteiger partial charge in [0.2, 0.25) is 0 Å². The first kappa shape index (κ1) is 11.3. The summed E-state index contributed by atoms with van der Waals surface area (Å²) < 4.78 is 0. The van der Waals surface area contributed by atoms with Gasteiger partial charge >= 0.3 is 0 Å². The lowest BCUT2D eigenvalue weighted by Gasteiger charge is -2.35. The van der Waals surface area contributed by atoms with Crippen LogP contribution in [0.15, 0.2) is 6.07 Å².